The highest BCUT2D eigenvalue weighted by Gasteiger charge is 2.41. The molecule has 0 N–H and O–H groups in total. The maximum atomic E-state index is 11.2. The Morgan fingerprint density at radius 2 is 2.33 bits per heavy atom. The molecule has 0 aromatic heterocycles. The Morgan fingerprint density at radius 1 is 1.58 bits per heavy atom. The van der Waals surface area contributed by atoms with Gasteiger partial charge in [-0.1, -0.05) is 12.5 Å². The molecule has 0 aromatic carbocycles. The fourth-order valence-electron chi connectivity index (χ4n) is 2.12. The van der Waals surface area contributed by atoms with Crippen molar-refractivity contribution >= 4 is 5.97 Å². The first-order chi connectivity index (χ1) is 5.68. The van der Waals surface area contributed by atoms with E-state index in [-0.39, 0.29) is 18.0 Å². The molecule has 1 saturated heterocycles. The second-order valence-electron chi connectivity index (χ2n) is 3.91. The number of carbonyl (C=O) groups is 1. The average molecular weight is 166 g/mol. The molecule has 0 bridgehead atoms. The topological polar surface area (TPSA) is 26.3 Å². The normalized spacial score (nSPS) is 40.3. The molecular formula is C10H14O2. The third kappa shape index (κ3) is 1.06. The molecule has 3 atom stereocenters. The van der Waals surface area contributed by atoms with Crippen molar-refractivity contribution in [3.05, 3.63) is 11.6 Å². The van der Waals surface area contributed by atoms with Gasteiger partial charge in [-0.15, -0.1) is 0 Å². The number of fused-ring (bicyclic) bond motifs is 1. The van der Waals surface area contributed by atoms with Crippen molar-refractivity contribution in [3.8, 4) is 0 Å². The van der Waals surface area contributed by atoms with Gasteiger partial charge in [0.15, 0.2) is 0 Å². The van der Waals surface area contributed by atoms with Gasteiger partial charge in [0.1, 0.15) is 6.10 Å². The van der Waals surface area contributed by atoms with Gasteiger partial charge in [0, 0.05) is 5.92 Å². The highest BCUT2D eigenvalue weighted by Crippen LogP contribution is 2.37. The smallest absolute Gasteiger partial charge is 0.309 e. The minimum atomic E-state index is -0.0176. The Morgan fingerprint density at radius 3 is 3.08 bits per heavy atom. The van der Waals surface area contributed by atoms with E-state index < -0.39 is 0 Å². The lowest BCUT2D eigenvalue weighted by molar-refractivity contribution is -0.142. The van der Waals surface area contributed by atoms with Gasteiger partial charge in [-0.25, -0.2) is 0 Å². The number of carbonyl (C=O) groups excluding carboxylic acids is 1. The molecule has 2 nitrogen and oxygen atoms in total. The SMILES string of the molecule is CC1=C[C@H]2OC(=O)[C@H](C)[C@@H]2CC1. The first-order valence-corrected chi connectivity index (χ1v) is 4.56. The Balaban J connectivity index is 2.22. The zero-order valence-electron chi connectivity index (χ0n) is 7.54. The van der Waals surface area contributed by atoms with Crippen LogP contribution >= 0.6 is 0 Å². The highest BCUT2D eigenvalue weighted by molar-refractivity contribution is 5.75. The number of rotatable bonds is 0. The van der Waals surface area contributed by atoms with Crippen molar-refractivity contribution in [1.82, 2.24) is 0 Å². The number of ether oxygens (including phenoxy) is 1. The molecule has 0 radical (unpaired) electrons. The standard InChI is InChI=1S/C10H14O2/c1-6-3-4-8-7(2)10(11)12-9(8)5-6/h5,7-9H,3-4H2,1-2H3/t7-,8+,9-/m1/s1. The molecule has 12 heavy (non-hydrogen) atoms. The minimum absolute atomic E-state index is 0.0176. The van der Waals surface area contributed by atoms with Crippen LogP contribution in [0.3, 0.4) is 0 Å². The molecule has 1 aliphatic heterocycles. The lowest BCUT2D eigenvalue weighted by Gasteiger charge is -2.22. The van der Waals surface area contributed by atoms with Gasteiger partial charge < -0.3 is 4.74 Å². The molecule has 0 aromatic rings. The van der Waals surface area contributed by atoms with Crippen LogP contribution in [0.5, 0.6) is 0 Å². The molecule has 0 spiro atoms. The molecule has 2 heteroatoms. The summed E-state index contributed by atoms with van der Waals surface area (Å²) in [5.41, 5.74) is 1.36. The third-order valence-electron chi connectivity index (χ3n) is 3.01. The third-order valence-corrected chi connectivity index (χ3v) is 3.01. The number of esters is 1. The summed E-state index contributed by atoms with van der Waals surface area (Å²) in [6.07, 6.45) is 4.43. The van der Waals surface area contributed by atoms with Gasteiger partial charge >= 0.3 is 5.97 Å². The summed E-state index contributed by atoms with van der Waals surface area (Å²) >= 11 is 0. The van der Waals surface area contributed by atoms with Crippen LogP contribution in [-0.2, 0) is 9.53 Å². The van der Waals surface area contributed by atoms with E-state index in [1.54, 1.807) is 0 Å². The van der Waals surface area contributed by atoms with Crippen LogP contribution in [0.25, 0.3) is 0 Å². The van der Waals surface area contributed by atoms with Crippen LogP contribution in [0.4, 0.5) is 0 Å². The van der Waals surface area contributed by atoms with Crippen molar-refractivity contribution in [2.75, 3.05) is 0 Å². The number of hydrogen-bond donors (Lipinski definition) is 0. The molecule has 1 heterocycles. The van der Waals surface area contributed by atoms with Crippen molar-refractivity contribution < 1.29 is 9.53 Å². The monoisotopic (exact) mass is 166 g/mol. The second-order valence-corrected chi connectivity index (χ2v) is 3.91. The predicted molar refractivity (Wildman–Crippen MR) is 45.5 cm³/mol. The molecule has 0 unspecified atom stereocenters. The van der Waals surface area contributed by atoms with E-state index in [1.165, 1.54) is 5.57 Å². The van der Waals surface area contributed by atoms with E-state index in [1.807, 2.05) is 6.92 Å². The van der Waals surface area contributed by atoms with Gasteiger partial charge in [0.2, 0.25) is 0 Å². The molecular weight excluding hydrogens is 152 g/mol. The maximum absolute atomic E-state index is 11.2. The fraction of sp³-hybridized carbons (Fsp3) is 0.700. The first-order valence-electron chi connectivity index (χ1n) is 4.56. The molecule has 0 saturated carbocycles. The Labute approximate surface area is 72.6 Å². The number of hydrogen-bond acceptors (Lipinski definition) is 2. The van der Waals surface area contributed by atoms with Gasteiger partial charge in [0.05, 0.1) is 5.92 Å². The largest absolute Gasteiger partial charge is 0.458 e. The lowest BCUT2D eigenvalue weighted by atomic mass is 9.82. The molecule has 0 amide bonds. The quantitative estimate of drug-likeness (QED) is 0.406. The van der Waals surface area contributed by atoms with Crippen molar-refractivity contribution in [2.24, 2.45) is 11.8 Å². The van der Waals surface area contributed by atoms with E-state index in [9.17, 15) is 4.79 Å². The van der Waals surface area contributed by atoms with E-state index >= 15 is 0 Å². The van der Waals surface area contributed by atoms with Crippen LogP contribution in [-0.4, -0.2) is 12.1 Å². The molecule has 66 valence electrons. The van der Waals surface area contributed by atoms with Gasteiger partial charge in [-0.2, -0.15) is 0 Å². The fourth-order valence-corrected chi connectivity index (χ4v) is 2.12. The van der Waals surface area contributed by atoms with Gasteiger partial charge in [-0.3, -0.25) is 4.79 Å². The average Bonchev–Trinajstić information content (AvgIpc) is 2.28. The summed E-state index contributed by atoms with van der Waals surface area (Å²) < 4.78 is 5.23. The van der Waals surface area contributed by atoms with Crippen molar-refractivity contribution in [3.63, 3.8) is 0 Å². The van der Waals surface area contributed by atoms with E-state index in [4.69, 9.17) is 4.74 Å². The first kappa shape index (κ1) is 7.84. The van der Waals surface area contributed by atoms with E-state index in [2.05, 4.69) is 13.0 Å². The Hall–Kier alpha value is -0.790. The molecule has 1 fully saturated rings. The summed E-state index contributed by atoms with van der Waals surface area (Å²) in [6.45, 7) is 4.08. The summed E-state index contributed by atoms with van der Waals surface area (Å²) in [7, 11) is 0. The Bertz CT molecular complexity index is 242. The zero-order valence-corrected chi connectivity index (χ0v) is 7.54. The van der Waals surface area contributed by atoms with Crippen LogP contribution in [0.1, 0.15) is 26.7 Å². The van der Waals surface area contributed by atoms with Crippen LogP contribution < -0.4 is 0 Å². The Kier molecular flexibility index (Phi) is 1.71. The van der Waals surface area contributed by atoms with Crippen molar-refractivity contribution in [2.45, 2.75) is 32.8 Å². The number of allylic oxidation sites excluding steroid dienone is 1. The van der Waals surface area contributed by atoms with Crippen molar-refractivity contribution in [1.29, 1.82) is 0 Å². The van der Waals surface area contributed by atoms with Crippen LogP contribution in [0, 0.1) is 11.8 Å². The maximum Gasteiger partial charge on any atom is 0.309 e. The van der Waals surface area contributed by atoms with E-state index in [0.29, 0.717) is 5.92 Å². The molecule has 2 aliphatic rings. The van der Waals surface area contributed by atoms with Gasteiger partial charge in [-0.05, 0) is 25.8 Å². The summed E-state index contributed by atoms with van der Waals surface area (Å²) in [5, 5.41) is 0. The predicted octanol–water partition coefficient (Wildman–Crippen LogP) is 1.90. The zero-order chi connectivity index (χ0) is 8.72. The molecule has 1 aliphatic carbocycles. The summed E-state index contributed by atoms with van der Waals surface area (Å²) in [6, 6.07) is 0. The lowest BCUT2D eigenvalue weighted by Crippen LogP contribution is -2.21. The highest BCUT2D eigenvalue weighted by atomic mass is 16.6. The van der Waals surface area contributed by atoms with Crippen LogP contribution in [0.15, 0.2) is 11.6 Å². The van der Waals surface area contributed by atoms with E-state index in [0.717, 1.165) is 12.8 Å². The van der Waals surface area contributed by atoms with Gasteiger partial charge in [0.25, 0.3) is 0 Å². The minimum Gasteiger partial charge on any atom is -0.458 e. The van der Waals surface area contributed by atoms with Crippen LogP contribution in [0.2, 0.25) is 0 Å². The second kappa shape index (κ2) is 2.61. The summed E-state index contributed by atoms with van der Waals surface area (Å²) in [4.78, 5) is 11.2. The summed E-state index contributed by atoms with van der Waals surface area (Å²) in [5.74, 6) is 0.538. The molecule has 2 rings (SSSR count).